The molecule has 15 heteroatoms. The molecular formula is C55H54BrN9O5. The Bertz CT molecular complexity index is 3280. The van der Waals surface area contributed by atoms with Gasteiger partial charge in [0.25, 0.3) is 22.2 Å². The first-order chi connectivity index (χ1) is 34.0. The van der Waals surface area contributed by atoms with Gasteiger partial charge in [0.05, 0.1) is 28.9 Å². The maximum absolute atomic E-state index is 12.5. The predicted molar refractivity (Wildman–Crippen MR) is 273 cm³/mol. The molecular weight excluding hydrogens is 947 g/mol. The fourth-order valence-electron chi connectivity index (χ4n) is 9.00. The van der Waals surface area contributed by atoms with Gasteiger partial charge < -0.3 is 10.5 Å². The van der Waals surface area contributed by atoms with Gasteiger partial charge in [-0.1, -0.05) is 121 Å². The first kappa shape index (κ1) is 47.7. The molecule has 4 heterocycles. The largest absolute Gasteiger partial charge is 0.464 e. The van der Waals surface area contributed by atoms with Crippen LogP contribution in [0.15, 0.2) is 194 Å². The van der Waals surface area contributed by atoms with Crippen molar-refractivity contribution in [3.05, 3.63) is 238 Å². The first-order valence-corrected chi connectivity index (χ1v) is 24.4. The molecule has 356 valence electrons. The average molecular weight is 1000 g/mol. The SMILES string of the molecule is CCOc1ncc(-c2ccc(=O)n(C3(c4ccccc4)CC3)n2)cn1.NCC1(c2ccccc2)CC1.O=c1ccc(=O)n(C2(c3ccccc3)CC2)[nH]1.O=c1ccc(Br)nn1C1(c2ccccc2)CC1. The van der Waals surface area contributed by atoms with Gasteiger partial charge in [-0.15, -0.1) is 0 Å². The number of benzene rings is 4. The summed E-state index contributed by atoms with van der Waals surface area (Å²) in [5, 5.41) is 11.5. The van der Waals surface area contributed by atoms with Crippen molar-refractivity contribution in [1.82, 2.24) is 39.3 Å². The smallest absolute Gasteiger partial charge is 0.316 e. The summed E-state index contributed by atoms with van der Waals surface area (Å²) in [5.74, 6) is 0. The lowest BCUT2D eigenvalue weighted by Gasteiger charge is -2.18. The number of aromatic amines is 1. The van der Waals surface area contributed by atoms with E-state index < -0.39 is 0 Å². The fourth-order valence-corrected chi connectivity index (χ4v) is 9.29. The normalized spacial score (nSPS) is 16.6. The zero-order chi connectivity index (χ0) is 48.8. The molecule has 0 aliphatic heterocycles. The first-order valence-electron chi connectivity index (χ1n) is 23.6. The van der Waals surface area contributed by atoms with Crippen molar-refractivity contribution in [3.63, 3.8) is 0 Å². The zero-order valence-corrected chi connectivity index (χ0v) is 40.4. The third-order valence-electron chi connectivity index (χ3n) is 13.6. The second-order valence-corrected chi connectivity index (χ2v) is 18.9. The molecule has 14 nitrogen and oxygen atoms in total. The van der Waals surface area contributed by atoms with Crippen molar-refractivity contribution in [1.29, 1.82) is 0 Å². The van der Waals surface area contributed by atoms with Crippen molar-refractivity contribution < 1.29 is 4.74 Å². The molecule has 4 aliphatic carbocycles. The summed E-state index contributed by atoms with van der Waals surface area (Å²) >= 11 is 3.32. The Morgan fingerprint density at radius 1 is 0.543 bits per heavy atom. The molecule has 4 aromatic carbocycles. The van der Waals surface area contributed by atoms with Crippen LogP contribution in [0.1, 0.15) is 80.5 Å². The monoisotopic (exact) mass is 999 g/mol. The van der Waals surface area contributed by atoms with Crippen LogP contribution >= 0.6 is 15.9 Å². The molecule has 70 heavy (non-hydrogen) atoms. The molecule has 0 unspecified atom stereocenters. The molecule has 0 atom stereocenters. The van der Waals surface area contributed by atoms with E-state index in [9.17, 15) is 19.2 Å². The van der Waals surface area contributed by atoms with Gasteiger partial charge in [0.2, 0.25) is 0 Å². The van der Waals surface area contributed by atoms with Crippen molar-refractivity contribution >= 4 is 15.9 Å². The molecule has 0 bridgehead atoms. The Balaban J connectivity index is 0.000000120. The van der Waals surface area contributed by atoms with Gasteiger partial charge in [-0.2, -0.15) is 10.2 Å². The van der Waals surface area contributed by atoms with E-state index in [0.717, 1.165) is 67.3 Å². The number of hydrogen-bond donors (Lipinski definition) is 2. The number of aromatic nitrogens is 8. The summed E-state index contributed by atoms with van der Waals surface area (Å²) in [7, 11) is 0. The highest BCUT2D eigenvalue weighted by molar-refractivity contribution is 9.10. The van der Waals surface area contributed by atoms with E-state index >= 15 is 0 Å². The number of nitrogens with zero attached hydrogens (tertiary/aromatic N) is 7. The molecule has 3 N–H and O–H groups in total. The highest BCUT2D eigenvalue weighted by Gasteiger charge is 2.50. The Kier molecular flexibility index (Phi) is 13.8. The molecule has 0 amide bonds. The summed E-state index contributed by atoms with van der Waals surface area (Å²) in [6, 6.07) is 50.0. The number of halogens is 1. The van der Waals surface area contributed by atoms with E-state index in [1.54, 1.807) is 46.0 Å². The Morgan fingerprint density at radius 2 is 0.986 bits per heavy atom. The summed E-state index contributed by atoms with van der Waals surface area (Å²) in [6.45, 7) is 3.20. The quantitative estimate of drug-likeness (QED) is 0.129. The van der Waals surface area contributed by atoms with E-state index in [1.807, 2.05) is 85.8 Å². The van der Waals surface area contributed by atoms with Gasteiger partial charge in [0, 0.05) is 54.2 Å². The van der Waals surface area contributed by atoms with Crippen molar-refractivity contribution in [2.45, 2.75) is 80.3 Å². The Hall–Kier alpha value is -7.36. The predicted octanol–water partition coefficient (Wildman–Crippen LogP) is 7.93. The topological polar surface area (TPSA) is 186 Å². The van der Waals surface area contributed by atoms with Gasteiger partial charge in [-0.05, 0) is 109 Å². The van der Waals surface area contributed by atoms with E-state index in [-0.39, 0.29) is 38.9 Å². The Labute approximate surface area is 413 Å². The molecule has 8 aromatic rings. The summed E-state index contributed by atoms with van der Waals surface area (Å²) < 4.78 is 10.6. The average Bonchev–Trinajstić information content (AvgIpc) is 4.19. The standard InChI is InChI=1S/C19H18N4O2.C13H11BrN2O.C13H12N2O2.C10H13N/c1-2-25-18-20-12-14(13-21-18)16-8-9-17(24)23(22-16)19(10-11-19)15-6-4-3-5-7-15;14-11-6-7-12(17)16(15-11)13(8-9-13)10-4-2-1-3-5-10;16-11-6-7-12(17)15(14-11)13(8-9-13)10-4-2-1-3-5-10;11-8-10(6-7-10)9-4-2-1-3-5-9/h3-9,12-13H,2,10-11H2,1H3;1-7H,8-9H2;1-7H,8-9H2,(H,14,16);1-5H,6-8,11H2. The third kappa shape index (κ3) is 10.2. The van der Waals surface area contributed by atoms with Crippen molar-refractivity contribution in [2.75, 3.05) is 13.2 Å². The van der Waals surface area contributed by atoms with E-state index in [0.29, 0.717) is 28.3 Å². The fraction of sp³-hybridized carbons (Fsp3) is 0.273. The van der Waals surface area contributed by atoms with Crippen LogP contribution < -0.4 is 32.7 Å². The van der Waals surface area contributed by atoms with Gasteiger partial charge in [-0.3, -0.25) is 24.3 Å². The third-order valence-corrected chi connectivity index (χ3v) is 14.0. The van der Waals surface area contributed by atoms with Gasteiger partial charge in [0.15, 0.2) is 0 Å². The lowest BCUT2D eigenvalue weighted by Crippen LogP contribution is -2.36. The summed E-state index contributed by atoms with van der Waals surface area (Å²) in [5.41, 5.74) is 10.8. The molecule has 0 spiro atoms. The maximum Gasteiger partial charge on any atom is 0.316 e. The van der Waals surface area contributed by atoms with Gasteiger partial charge in [0.1, 0.15) is 4.60 Å². The number of H-pyrrole nitrogens is 1. The second-order valence-electron chi connectivity index (χ2n) is 18.1. The molecule has 4 fully saturated rings. The minimum atomic E-state index is -0.335. The highest BCUT2D eigenvalue weighted by atomic mass is 79.9. The zero-order valence-electron chi connectivity index (χ0n) is 38.9. The van der Waals surface area contributed by atoms with E-state index in [1.165, 1.54) is 35.2 Å². The molecule has 4 aromatic heterocycles. The second kappa shape index (κ2) is 20.3. The summed E-state index contributed by atoms with van der Waals surface area (Å²) in [6.07, 6.45) is 11.4. The minimum absolute atomic E-state index is 0.0467. The molecule has 0 radical (unpaired) electrons. The van der Waals surface area contributed by atoms with Crippen LogP contribution in [0.25, 0.3) is 11.3 Å². The van der Waals surface area contributed by atoms with E-state index in [4.69, 9.17) is 10.5 Å². The number of nitrogens with one attached hydrogen (secondary N) is 1. The maximum atomic E-state index is 12.5. The minimum Gasteiger partial charge on any atom is -0.464 e. The molecule has 4 saturated carbocycles. The van der Waals surface area contributed by atoms with Gasteiger partial charge >= 0.3 is 6.01 Å². The van der Waals surface area contributed by atoms with Crippen LogP contribution in [0.2, 0.25) is 0 Å². The van der Waals surface area contributed by atoms with Crippen LogP contribution in [0.3, 0.4) is 0 Å². The van der Waals surface area contributed by atoms with Crippen LogP contribution in [0, 0.1) is 0 Å². The van der Waals surface area contributed by atoms with E-state index in [2.05, 4.69) is 83.7 Å². The molecule has 12 rings (SSSR count). The lowest BCUT2D eigenvalue weighted by molar-refractivity contribution is 0.312. The number of rotatable bonds is 11. The molecule has 0 saturated heterocycles. The highest BCUT2D eigenvalue weighted by Crippen LogP contribution is 2.50. The van der Waals surface area contributed by atoms with Crippen molar-refractivity contribution in [2.24, 2.45) is 5.73 Å². The lowest BCUT2D eigenvalue weighted by atomic mass is 9.97. The van der Waals surface area contributed by atoms with Crippen LogP contribution in [0.4, 0.5) is 0 Å². The number of hydrogen-bond acceptors (Lipinski definition) is 10. The van der Waals surface area contributed by atoms with Crippen LogP contribution in [-0.2, 0) is 22.0 Å². The number of nitrogens with two attached hydrogens (primary N) is 1. The van der Waals surface area contributed by atoms with Gasteiger partial charge in [-0.25, -0.2) is 24.0 Å². The van der Waals surface area contributed by atoms with Crippen LogP contribution in [-0.4, -0.2) is 52.5 Å². The molecule has 4 aliphatic rings. The summed E-state index contributed by atoms with van der Waals surface area (Å²) in [4.78, 5) is 55.9. The van der Waals surface area contributed by atoms with Crippen molar-refractivity contribution in [3.8, 4) is 17.3 Å². The Morgan fingerprint density at radius 3 is 1.44 bits per heavy atom. The number of ether oxygens (including phenoxy) is 1. The van der Waals surface area contributed by atoms with Crippen LogP contribution in [0.5, 0.6) is 6.01 Å².